The number of nitrogens with one attached hydrogen (secondary N) is 1. The van der Waals surface area contributed by atoms with Crippen molar-refractivity contribution in [1.82, 2.24) is 15.1 Å². The molecule has 102 valence electrons. The van der Waals surface area contributed by atoms with Crippen molar-refractivity contribution in [1.29, 1.82) is 0 Å². The first-order valence-corrected chi connectivity index (χ1v) is 7.21. The molecule has 0 saturated carbocycles. The summed E-state index contributed by atoms with van der Waals surface area (Å²) >= 11 is 3.58. The van der Waals surface area contributed by atoms with Crippen LogP contribution in [0.25, 0.3) is 0 Å². The molecule has 0 amide bonds. The second-order valence-electron chi connectivity index (χ2n) is 5.72. The van der Waals surface area contributed by atoms with E-state index in [-0.39, 0.29) is 5.41 Å². The molecule has 18 heavy (non-hydrogen) atoms. The first-order valence-electron chi connectivity index (χ1n) is 6.42. The fraction of sp³-hybridized carbons (Fsp3) is 0.769. The van der Waals surface area contributed by atoms with Gasteiger partial charge in [-0.2, -0.15) is 5.10 Å². The third-order valence-electron chi connectivity index (χ3n) is 3.72. The highest BCUT2D eigenvalue weighted by Crippen LogP contribution is 2.29. The number of ether oxygens (including phenoxy) is 1. The zero-order chi connectivity index (χ0) is 13.3. The molecule has 0 radical (unpaired) electrons. The van der Waals surface area contributed by atoms with Gasteiger partial charge >= 0.3 is 0 Å². The van der Waals surface area contributed by atoms with Crippen LogP contribution < -0.4 is 5.32 Å². The van der Waals surface area contributed by atoms with Gasteiger partial charge in [-0.15, -0.1) is 0 Å². The molecule has 1 aromatic rings. The Labute approximate surface area is 117 Å². The third-order valence-corrected chi connectivity index (χ3v) is 4.75. The Hall–Kier alpha value is -0.390. The van der Waals surface area contributed by atoms with E-state index in [2.05, 4.69) is 40.2 Å². The topological polar surface area (TPSA) is 39.1 Å². The molecular formula is C13H22BrN3O. The van der Waals surface area contributed by atoms with Gasteiger partial charge in [-0.1, -0.05) is 13.8 Å². The van der Waals surface area contributed by atoms with E-state index < -0.39 is 0 Å². The molecule has 1 aliphatic rings. The maximum Gasteiger partial charge on any atom is 0.0900 e. The number of aromatic nitrogens is 2. The standard InChI is InChI=1S/C13H22BrN3O/c1-9-12(14)10(17(4)16-9)7-18-11-5-6-15-8-13(11,2)3/h11,15H,5-8H2,1-4H3. The molecule has 0 spiro atoms. The van der Waals surface area contributed by atoms with E-state index in [0.717, 1.165) is 35.4 Å². The number of hydrogen-bond donors (Lipinski definition) is 1. The zero-order valence-electron chi connectivity index (χ0n) is 11.6. The van der Waals surface area contributed by atoms with E-state index in [4.69, 9.17) is 4.74 Å². The predicted molar refractivity (Wildman–Crippen MR) is 75.5 cm³/mol. The highest BCUT2D eigenvalue weighted by Gasteiger charge is 2.33. The van der Waals surface area contributed by atoms with Gasteiger partial charge in [0.1, 0.15) is 0 Å². The summed E-state index contributed by atoms with van der Waals surface area (Å²) < 4.78 is 9.09. The molecule has 0 aromatic carbocycles. The molecule has 0 bridgehead atoms. The lowest BCUT2D eigenvalue weighted by molar-refractivity contribution is -0.0540. The first-order chi connectivity index (χ1) is 8.42. The summed E-state index contributed by atoms with van der Waals surface area (Å²) in [6, 6.07) is 0. The number of aryl methyl sites for hydroxylation is 2. The summed E-state index contributed by atoms with van der Waals surface area (Å²) in [5.41, 5.74) is 2.32. The van der Waals surface area contributed by atoms with E-state index in [1.165, 1.54) is 0 Å². The molecule has 1 N–H and O–H groups in total. The zero-order valence-corrected chi connectivity index (χ0v) is 13.2. The van der Waals surface area contributed by atoms with Gasteiger partial charge in [0.15, 0.2) is 0 Å². The van der Waals surface area contributed by atoms with Crippen LogP contribution in [-0.2, 0) is 18.4 Å². The van der Waals surface area contributed by atoms with E-state index in [1.54, 1.807) is 0 Å². The van der Waals surface area contributed by atoms with Gasteiger partial charge in [-0.25, -0.2) is 0 Å². The molecule has 2 heterocycles. The van der Waals surface area contributed by atoms with Gasteiger partial charge in [0.05, 0.1) is 28.6 Å². The second kappa shape index (κ2) is 5.31. The Morgan fingerprint density at radius 3 is 2.83 bits per heavy atom. The summed E-state index contributed by atoms with van der Waals surface area (Å²) in [6.45, 7) is 9.19. The van der Waals surface area contributed by atoms with Crippen LogP contribution in [0, 0.1) is 12.3 Å². The van der Waals surface area contributed by atoms with Crippen molar-refractivity contribution in [3.8, 4) is 0 Å². The number of nitrogens with zero attached hydrogens (tertiary/aromatic N) is 2. The van der Waals surface area contributed by atoms with Crippen molar-refractivity contribution in [3.05, 3.63) is 15.9 Å². The van der Waals surface area contributed by atoms with Crippen LogP contribution in [0.1, 0.15) is 31.7 Å². The van der Waals surface area contributed by atoms with E-state index in [9.17, 15) is 0 Å². The minimum absolute atomic E-state index is 0.193. The number of hydrogen-bond acceptors (Lipinski definition) is 3. The summed E-state index contributed by atoms with van der Waals surface area (Å²) in [5, 5.41) is 7.81. The molecular weight excluding hydrogens is 294 g/mol. The van der Waals surface area contributed by atoms with Crippen LogP contribution in [0.2, 0.25) is 0 Å². The smallest absolute Gasteiger partial charge is 0.0900 e. The molecule has 5 heteroatoms. The van der Waals surface area contributed by atoms with Crippen molar-refractivity contribution < 1.29 is 4.74 Å². The fourth-order valence-electron chi connectivity index (χ4n) is 2.47. The van der Waals surface area contributed by atoms with Crippen LogP contribution in [0.4, 0.5) is 0 Å². The first kappa shape index (κ1) is 14.0. The fourth-order valence-corrected chi connectivity index (χ4v) is 2.92. The van der Waals surface area contributed by atoms with Gasteiger partial charge < -0.3 is 10.1 Å². The highest BCUT2D eigenvalue weighted by molar-refractivity contribution is 9.10. The third kappa shape index (κ3) is 2.78. The average molecular weight is 316 g/mol. The van der Waals surface area contributed by atoms with E-state index >= 15 is 0 Å². The Morgan fingerprint density at radius 1 is 1.56 bits per heavy atom. The van der Waals surface area contributed by atoms with Gasteiger partial charge in [-0.3, -0.25) is 4.68 Å². The number of halogens is 1. The summed E-state index contributed by atoms with van der Waals surface area (Å²) in [7, 11) is 1.96. The summed E-state index contributed by atoms with van der Waals surface area (Å²) in [5.74, 6) is 0. The Kier molecular flexibility index (Phi) is 4.14. The molecule has 0 aliphatic carbocycles. The molecule has 1 fully saturated rings. The van der Waals surface area contributed by atoms with Crippen molar-refractivity contribution in [3.63, 3.8) is 0 Å². The Bertz CT molecular complexity index is 428. The lowest BCUT2D eigenvalue weighted by Crippen LogP contribution is -2.47. The van der Waals surface area contributed by atoms with Crippen molar-refractivity contribution in [2.45, 2.75) is 39.9 Å². The molecule has 4 nitrogen and oxygen atoms in total. The van der Waals surface area contributed by atoms with Gasteiger partial charge in [0.25, 0.3) is 0 Å². The molecule has 1 aliphatic heterocycles. The SMILES string of the molecule is Cc1nn(C)c(COC2CCNCC2(C)C)c1Br. The normalized spacial score (nSPS) is 23.3. The molecule has 1 unspecified atom stereocenters. The van der Waals surface area contributed by atoms with Gasteiger partial charge in [0, 0.05) is 19.0 Å². The summed E-state index contributed by atoms with van der Waals surface area (Å²) in [6.07, 6.45) is 1.38. The van der Waals surface area contributed by atoms with Gasteiger partial charge in [0.2, 0.25) is 0 Å². The van der Waals surface area contributed by atoms with Crippen LogP contribution in [0.15, 0.2) is 4.47 Å². The van der Waals surface area contributed by atoms with Crippen molar-refractivity contribution in [2.75, 3.05) is 13.1 Å². The Balaban J connectivity index is 2.03. The maximum atomic E-state index is 6.13. The largest absolute Gasteiger partial charge is 0.371 e. The molecule has 1 saturated heterocycles. The quantitative estimate of drug-likeness (QED) is 0.931. The van der Waals surface area contributed by atoms with Crippen LogP contribution in [-0.4, -0.2) is 29.0 Å². The van der Waals surface area contributed by atoms with Crippen LogP contribution >= 0.6 is 15.9 Å². The molecule has 1 atom stereocenters. The Morgan fingerprint density at radius 2 is 2.28 bits per heavy atom. The number of piperidine rings is 1. The van der Waals surface area contributed by atoms with E-state index in [1.807, 2.05) is 18.7 Å². The monoisotopic (exact) mass is 315 g/mol. The van der Waals surface area contributed by atoms with Gasteiger partial charge in [-0.05, 0) is 35.8 Å². The average Bonchev–Trinajstić information content (AvgIpc) is 2.52. The summed E-state index contributed by atoms with van der Waals surface area (Å²) in [4.78, 5) is 0. The maximum absolute atomic E-state index is 6.13. The second-order valence-corrected chi connectivity index (χ2v) is 6.52. The minimum Gasteiger partial charge on any atom is -0.371 e. The predicted octanol–water partition coefficient (Wildman–Crippen LogP) is 2.40. The highest BCUT2D eigenvalue weighted by atomic mass is 79.9. The molecule has 2 rings (SSSR count). The van der Waals surface area contributed by atoms with Crippen LogP contribution in [0.5, 0.6) is 0 Å². The van der Waals surface area contributed by atoms with Crippen molar-refractivity contribution >= 4 is 15.9 Å². The minimum atomic E-state index is 0.193. The van der Waals surface area contributed by atoms with E-state index in [0.29, 0.717) is 12.7 Å². The van der Waals surface area contributed by atoms with Crippen LogP contribution in [0.3, 0.4) is 0 Å². The number of rotatable bonds is 3. The van der Waals surface area contributed by atoms with Crippen molar-refractivity contribution in [2.24, 2.45) is 12.5 Å². The molecule has 1 aromatic heterocycles. The lowest BCUT2D eigenvalue weighted by atomic mass is 9.82. The lowest BCUT2D eigenvalue weighted by Gasteiger charge is -2.38.